The predicted molar refractivity (Wildman–Crippen MR) is 115 cm³/mol. The second-order valence-corrected chi connectivity index (χ2v) is 8.59. The molecule has 1 aliphatic rings. The van der Waals surface area contributed by atoms with Crippen LogP contribution in [0.3, 0.4) is 0 Å². The van der Waals surface area contributed by atoms with E-state index in [0.717, 1.165) is 24.1 Å². The molecule has 0 N–H and O–H groups in total. The first-order valence-electron chi connectivity index (χ1n) is 10.4. The molecule has 0 aliphatic carbocycles. The van der Waals surface area contributed by atoms with E-state index < -0.39 is 5.60 Å². The first-order valence-corrected chi connectivity index (χ1v) is 10.4. The monoisotopic (exact) mass is 414 g/mol. The summed E-state index contributed by atoms with van der Waals surface area (Å²) in [5, 5.41) is 0. The summed E-state index contributed by atoms with van der Waals surface area (Å²) in [6, 6.07) is 16.6. The third-order valence-corrected chi connectivity index (χ3v) is 4.98. The Balaban J connectivity index is 1.63. The van der Waals surface area contributed by atoms with E-state index in [9.17, 15) is 9.18 Å². The molecule has 1 saturated heterocycles. The molecular weight excluding hydrogens is 383 g/mol. The van der Waals surface area contributed by atoms with Crippen LogP contribution in [-0.2, 0) is 22.5 Å². The van der Waals surface area contributed by atoms with Gasteiger partial charge in [-0.15, -0.1) is 0 Å². The first kappa shape index (κ1) is 22.2. The summed E-state index contributed by atoms with van der Waals surface area (Å²) in [4.78, 5) is 16.5. The average molecular weight is 415 g/mol. The van der Waals surface area contributed by atoms with E-state index in [1.54, 1.807) is 4.90 Å². The van der Waals surface area contributed by atoms with Gasteiger partial charge in [0, 0.05) is 19.6 Å². The third kappa shape index (κ3) is 6.82. The van der Waals surface area contributed by atoms with Gasteiger partial charge in [-0.05, 0) is 50.5 Å². The summed E-state index contributed by atoms with van der Waals surface area (Å²) >= 11 is 0. The summed E-state index contributed by atoms with van der Waals surface area (Å²) in [6.45, 7) is 8.58. The van der Waals surface area contributed by atoms with Gasteiger partial charge < -0.3 is 14.4 Å². The van der Waals surface area contributed by atoms with E-state index in [1.807, 2.05) is 63.2 Å². The Bertz CT molecular complexity index is 805. The second-order valence-electron chi connectivity index (χ2n) is 8.59. The lowest BCUT2D eigenvalue weighted by atomic mass is 10.1. The van der Waals surface area contributed by atoms with Crippen molar-refractivity contribution in [2.75, 3.05) is 26.2 Å². The van der Waals surface area contributed by atoms with Gasteiger partial charge in [0.1, 0.15) is 17.6 Å². The van der Waals surface area contributed by atoms with Gasteiger partial charge in [-0.1, -0.05) is 42.5 Å². The number of amides is 1. The zero-order chi connectivity index (χ0) is 21.6. The molecule has 2 aromatic carbocycles. The summed E-state index contributed by atoms with van der Waals surface area (Å²) < 4.78 is 24.9. The lowest BCUT2D eigenvalue weighted by Gasteiger charge is -2.41. The zero-order valence-electron chi connectivity index (χ0n) is 18.0. The summed E-state index contributed by atoms with van der Waals surface area (Å²) in [5.41, 5.74) is 1.63. The maximum absolute atomic E-state index is 13.2. The van der Waals surface area contributed by atoms with E-state index in [4.69, 9.17) is 9.47 Å². The lowest BCUT2D eigenvalue weighted by Crippen LogP contribution is -2.56. The number of halogens is 1. The van der Waals surface area contributed by atoms with Crippen LogP contribution in [0, 0.1) is 5.82 Å². The number of rotatable bonds is 6. The minimum Gasteiger partial charge on any atom is -0.444 e. The Morgan fingerprint density at radius 3 is 2.40 bits per heavy atom. The topological polar surface area (TPSA) is 42.0 Å². The molecule has 162 valence electrons. The van der Waals surface area contributed by atoms with Crippen LogP contribution in [0.5, 0.6) is 0 Å². The number of hydrogen-bond acceptors (Lipinski definition) is 4. The molecule has 0 bridgehead atoms. The van der Waals surface area contributed by atoms with Gasteiger partial charge in [0.25, 0.3) is 0 Å². The van der Waals surface area contributed by atoms with Crippen molar-refractivity contribution in [3.8, 4) is 0 Å². The number of carbonyl (C=O) groups excluding carboxylic acids is 1. The van der Waals surface area contributed by atoms with Gasteiger partial charge in [-0.25, -0.2) is 9.18 Å². The Morgan fingerprint density at radius 1 is 1.03 bits per heavy atom. The molecule has 6 heteroatoms. The molecule has 1 atom stereocenters. The van der Waals surface area contributed by atoms with Crippen molar-refractivity contribution in [2.45, 2.75) is 45.6 Å². The van der Waals surface area contributed by atoms with Crippen LogP contribution in [0.4, 0.5) is 9.18 Å². The fourth-order valence-electron chi connectivity index (χ4n) is 3.39. The molecule has 5 nitrogen and oxygen atoms in total. The number of piperazine rings is 1. The summed E-state index contributed by atoms with van der Waals surface area (Å²) in [6.07, 6.45) is 0.249. The Morgan fingerprint density at radius 2 is 1.73 bits per heavy atom. The number of ether oxygens (including phenoxy) is 2. The molecule has 1 unspecified atom stereocenters. The van der Waals surface area contributed by atoms with Crippen LogP contribution < -0.4 is 0 Å². The fraction of sp³-hybridized carbons (Fsp3) is 0.458. The van der Waals surface area contributed by atoms with Crippen LogP contribution in [0.1, 0.15) is 31.9 Å². The first-order chi connectivity index (χ1) is 14.3. The van der Waals surface area contributed by atoms with E-state index in [-0.39, 0.29) is 18.1 Å². The van der Waals surface area contributed by atoms with Crippen molar-refractivity contribution in [1.82, 2.24) is 9.80 Å². The van der Waals surface area contributed by atoms with Crippen LogP contribution in [0.15, 0.2) is 54.6 Å². The van der Waals surface area contributed by atoms with Crippen molar-refractivity contribution < 1.29 is 18.7 Å². The molecular formula is C24H31FN2O3. The van der Waals surface area contributed by atoms with Crippen LogP contribution in [0.25, 0.3) is 0 Å². The smallest absolute Gasteiger partial charge is 0.410 e. The minimum atomic E-state index is -0.531. The molecule has 1 fully saturated rings. The van der Waals surface area contributed by atoms with Crippen molar-refractivity contribution in [1.29, 1.82) is 0 Å². The molecule has 30 heavy (non-hydrogen) atoms. The van der Waals surface area contributed by atoms with Gasteiger partial charge in [-0.2, -0.15) is 0 Å². The quantitative estimate of drug-likeness (QED) is 0.700. The molecule has 1 amide bonds. The zero-order valence-corrected chi connectivity index (χ0v) is 18.0. The molecule has 3 rings (SSSR count). The van der Waals surface area contributed by atoms with Crippen molar-refractivity contribution in [3.63, 3.8) is 0 Å². The van der Waals surface area contributed by atoms with Crippen molar-refractivity contribution >= 4 is 6.09 Å². The van der Waals surface area contributed by atoms with E-state index in [2.05, 4.69) is 4.90 Å². The normalized spacial score (nSPS) is 17.7. The molecule has 0 aromatic heterocycles. The Hall–Kier alpha value is -2.44. The fourth-order valence-corrected chi connectivity index (χ4v) is 3.39. The Labute approximate surface area is 178 Å². The third-order valence-electron chi connectivity index (χ3n) is 4.98. The van der Waals surface area contributed by atoms with Crippen LogP contribution in [-0.4, -0.2) is 53.9 Å². The SMILES string of the molecule is CC(C)(C)OC(=O)N1CCN(CCc2ccc(F)cc2)C(OCc2ccccc2)C1. The van der Waals surface area contributed by atoms with Gasteiger partial charge in [0.15, 0.2) is 0 Å². The van der Waals surface area contributed by atoms with Gasteiger partial charge >= 0.3 is 6.09 Å². The highest BCUT2D eigenvalue weighted by Gasteiger charge is 2.32. The number of carbonyl (C=O) groups is 1. The maximum Gasteiger partial charge on any atom is 0.410 e. The summed E-state index contributed by atoms with van der Waals surface area (Å²) in [5.74, 6) is -0.228. The summed E-state index contributed by atoms with van der Waals surface area (Å²) in [7, 11) is 0. The second kappa shape index (κ2) is 10.0. The number of benzene rings is 2. The highest BCUT2D eigenvalue weighted by atomic mass is 19.1. The molecule has 1 heterocycles. The minimum absolute atomic E-state index is 0.228. The molecule has 0 saturated carbocycles. The van der Waals surface area contributed by atoms with Crippen molar-refractivity contribution in [3.05, 3.63) is 71.5 Å². The van der Waals surface area contributed by atoms with E-state index >= 15 is 0 Å². The molecule has 2 aromatic rings. The largest absolute Gasteiger partial charge is 0.444 e. The van der Waals surface area contributed by atoms with Gasteiger partial charge in [-0.3, -0.25) is 4.90 Å². The van der Waals surface area contributed by atoms with E-state index in [0.29, 0.717) is 26.2 Å². The molecule has 0 radical (unpaired) electrons. The maximum atomic E-state index is 13.2. The van der Waals surface area contributed by atoms with Crippen LogP contribution in [0.2, 0.25) is 0 Å². The van der Waals surface area contributed by atoms with Gasteiger partial charge in [0.05, 0.1) is 13.2 Å². The van der Waals surface area contributed by atoms with Gasteiger partial charge in [0.2, 0.25) is 0 Å². The Kier molecular flexibility index (Phi) is 7.45. The standard InChI is InChI=1S/C24H31FN2O3/c1-24(2,3)30-23(28)27-16-15-26(14-13-19-9-11-21(25)12-10-19)22(17-27)29-18-20-7-5-4-6-8-20/h4-12,22H,13-18H2,1-3H3. The number of nitrogens with zero attached hydrogens (tertiary/aromatic N) is 2. The highest BCUT2D eigenvalue weighted by Crippen LogP contribution is 2.18. The predicted octanol–water partition coefficient (Wildman–Crippen LogP) is 4.46. The van der Waals surface area contributed by atoms with E-state index in [1.165, 1.54) is 12.1 Å². The average Bonchev–Trinajstić information content (AvgIpc) is 2.71. The number of hydrogen-bond donors (Lipinski definition) is 0. The molecule has 1 aliphatic heterocycles. The van der Waals surface area contributed by atoms with Crippen molar-refractivity contribution in [2.24, 2.45) is 0 Å². The molecule has 0 spiro atoms. The van der Waals surface area contributed by atoms with Crippen LogP contribution >= 0.6 is 0 Å². The lowest BCUT2D eigenvalue weighted by molar-refractivity contribution is -0.107. The highest BCUT2D eigenvalue weighted by molar-refractivity contribution is 5.68.